The number of aliphatic hydroxyl groups excluding tert-OH is 6. The summed E-state index contributed by atoms with van der Waals surface area (Å²) >= 11 is 0. The molecule has 0 aromatic rings. The minimum atomic E-state index is -1.61. The summed E-state index contributed by atoms with van der Waals surface area (Å²) in [6.45, 7) is 3.55. The van der Waals surface area contributed by atoms with Crippen LogP contribution in [0.15, 0.2) is 24.3 Å². The molecule has 51 heavy (non-hydrogen) atoms. The zero-order valence-electron chi connectivity index (χ0n) is 32.2. The Morgan fingerprint density at radius 3 is 1.71 bits per heavy atom. The Kier molecular flexibility index (Phi) is 30.0. The molecule has 0 spiro atoms. The van der Waals surface area contributed by atoms with Crippen molar-refractivity contribution in [2.45, 2.75) is 217 Å². The van der Waals surface area contributed by atoms with Crippen LogP contribution in [0.4, 0.5) is 0 Å². The van der Waals surface area contributed by atoms with Crippen LogP contribution in [0.25, 0.3) is 0 Å². The van der Waals surface area contributed by atoms with Crippen molar-refractivity contribution in [1.82, 2.24) is 5.32 Å². The molecule has 8 unspecified atom stereocenters. The second-order valence-electron chi connectivity index (χ2n) is 14.6. The van der Waals surface area contributed by atoms with E-state index < -0.39 is 61.5 Å². The highest BCUT2D eigenvalue weighted by Gasteiger charge is 2.44. The molecule has 10 nitrogen and oxygen atoms in total. The van der Waals surface area contributed by atoms with Gasteiger partial charge in [-0.3, -0.25) is 4.79 Å². The van der Waals surface area contributed by atoms with E-state index in [1.165, 1.54) is 103 Å². The third kappa shape index (κ3) is 23.1. The summed E-state index contributed by atoms with van der Waals surface area (Å²) < 4.78 is 11.1. The van der Waals surface area contributed by atoms with Gasteiger partial charge in [-0.15, -0.1) is 0 Å². The highest BCUT2D eigenvalue weighted by molar-refractivity contribution is 5.80. The zero-order chi connectivity index (χ0) is 37.5. The van der Waals surface area contributed by atoms with E-state index in [2.05, 4.69) is 31.3 Å². The summed E-state index contributed by atoms with van der Waals surface area (Å²) in [6.07, 6.45) is 25.5. The van der Waals surface area contributed by atoms with Crippen molar-refractivity contribution in [3.05, 3.63) is 24.3 Å². The predicted octanol–water partition coefficient (Wildman–Crippen LogP) is 6.52. The molecule has 1 aliphatic rings. The Morgan fingerprint density at radius 2 is 1.16 bits per heavy atom. The van der Waals surface area contributed by atoms with Crippen LogP contribution in [0.5, 0.6) is 0 Å². The van der Waals surface area contributed by atoms with E-state index in [1.54, 1.807) is 6.08 Å². The minimum Gasteiger partial charge on any atom is -0.394 e. The molecule has 0 aromatic heterocycles. The van der Waals surface area contributed by atoms with Gasteiger partial charge in [0.1, 0.15) is 30.5 Å². The molecule has 0 bridgehead atoms. The van der Waals surface area contributed by atoms with Crippen LogP contribution in [-0.4, -0.2) is 98.7 Å². The van der Waals surface area contributed by atoms with Crippen LogP contribution >= 0.6 is 0 Å². The normalized spacial score (nSPS) is 22.9. The van der Waals surface area contributed by atoms with E-state index in [0.717, 1.165) is 32.1 Å². The maximum absolute atomic E-state index is 13.0. The fraction of sp³-hybridized carbons (Fsp3) is 0.878. The molecule has 7 N–H and O–H groups in total. The smallest absolute Gasteiger partial charge is 0.249 e. The van der Waals surface area contributed by atoms with Crippen molar-refractivity contribution >= 4 is 5.91 Å². The number of unbranched alkanes of at least 4 members (excludes halogenated alkanes) is 20. The first-order valence-corrected chi connectivity index (χ1v) is 20.7. The van der Waals surface area contributed by atoms with Gasteiger partial charge in [0.25, 0.3) is 0 Å². The van der Waals surface area contributed by atoms with Crippen LogP contribution < -0.4 is 5.32 Å². The molecule has 0 aromatic carbocycles. The highest BCUT2D eigenvalue weighted by Crippen LogP contribution is 2.22. The molecule has 1 amide bonds. The number of carbonyl (C=O) groups is 1. The maximum Gasteiger partial charge on any atom is 0.249 e. The lowest BCUT2D eigenvalue weighted by Gasteiger charge is -2.40. The third-order valence-electron chi connectivity index (χ3n) is 9.89. The van der Waals surface area contributed by atoms with E-state index >= 15 is 0 Å². The Bertz CT molecular complexity index is 870. The molecule has 1 rings (SSSR count). The molecule has 1 fully saturated rings. The number of hydrogen-bond donors (Lipinski definition) is 7. The Morgan fingerprint density at radius 1 is 0.667 bits per heavy atom. The van der Waals surface area contributed by atoms with Crippen LogP contribution in [-0.2, 0) is 14.3 Å². The fourth-order valence-electron chi connectivity index (χ4n) is 6.41. The van der Waals surface area contributed by atoms with Crippen LogP contribution in [0.1, 0.15) is 168 Å². The number of aliphatic hydroxyl groups is 6. The molecule has 1 heterocycles. The van der Waals surface area contributed by atoms with E-state index in [-0.39, 0.29) is 6.61 Å². The fourth-order valence-corrected chi connectivity index (χ4v) is 6.41. The van der Waals surface area contributed by atoms with Gasteiger partial charge in [-0.2, -0.15) is 0 Å². The second-order valence-corrected chi connectivity index (χ2v) is 14.6. The quantitative estimate of drug-likeness (QED) is 0.0294. The lowest BCUT2D eigenvalue weighted by Crippen LogP contribution is -2.60. The number of carbonyl (C=O) groups excluding carboxylic acids is 1. The van der Waals surface area contributed by atoms with Gasteiger partial charge in [0.05, 0.1) is 25.4 Å². The number of hydrogen-bond acceptors (Lipinski definition) is 9. The number of nitrogens with one attached hydrogen (secondary N) is 1. The van der Waals surface area contributed by atoms with Crippen LogP contribution in [0, 0.1) is 0 Å². The van der Waals surface area contributed by atoms with Gasteiger partial charge < -0.3 is 45.4 Å². The second kappa shape index (κ2) is 32.1. The van der Waals surface area contributed by atoms with Crippen molar-refractivity contribution in [2.75, 3.05) is 13.2 Å². The summed E-state index contributed by atoms with van der Waals surface area (Å²) in [6, 6.07) is -0.990. The van der Waals surface area contributed by atoms with E-state index in [1.807, 2.05) is 6.08 Å². The number of amides is 1. The Balaban J connectivity index is 2.52. The molecule has 0 saturated carbocycles. The summed E-state index contributed by atoms with van der Waals surface area (Å²) in [5.41, 5.74) is 0. The predicted molar refractivity (Wildman–Crippen MR) is 204 cm³/mol. The van der Waals surface area contributed by atoms with Gasteiger partial charge >= 0.3 is 0 Å². The first kappa shape index (κ1) is 47.7. The van der Waals surface area contributed by atoms with Gasteiger partial charge in [0, 0.05) is 0 Å². The largest absolute Gasteiger partial charge is 0.394 e. The minimum absolute atomic E-state index is 0.307. The van der Waals surface area contributed by atoms with Gasteiger partial charge in [-0.25, -0.2) is 0 Å². The highest BCUT2D eigenvalue weighted by atomic mass is 16.7. The first-order chi connectivity index (χ1) is 24.8. The summed E-state index contributed by atoms with van der Waals surface area (Å²) in [5.74, 6) is -0.628. The standard InChI is InChI=1S/C41H77NO9/c1-3-5-7-9-11-13-15-17-19-21-23-25-27-29-34(44)33(32-50-41-39(48)38(47)37(46)36(31-43)51-41)42-40(49)35(45)30-28-26-24-22-20-18-16-14-12-10-8-6-4-2/h19,21,27,29,33-39,41,43-48H,3-18,20,22-26,28,30-32H2,1-2H3,(H,42,49)/b21-19+,29-27+. The van der Waals surface area contributed by atoms with Crippen molar-refractivity contribution in [3.8, 4) is 0 Å². The van der Waals surface area contributed by atoms with E-state index in [9.17, 15) is 35.4 Å². The zero-order valence-corrected chi connectivity index (χ0v) is 32.2. The van der Waals surface area contributed by atoms with Gasteiger partial charge in [0.2, 0.25) is 5.91 Å². The average molecular weight is 728 g/mol. The third-order valence-corrected chi connectivity index (χ3v) is 9.89. The molecule has 0 radical (unpaired) electrons. The summed E-state index contributed by atoms with van der Waals surface area (Å²) in [7, 11) is 0. The molecule has 1 saturated heterocycles. The molecule has 8 atom stereocenters. The monoisotopic (exact) mass is 728 g/mol. The maximum atomic E-state index is 13.0. The molecule has 300 valence electrons. The Labute approximate surface area is 310 Å². The van der Waals surface area contributed by atoms with Gasteiger partial charge in [-0.1, -0.05) is 160 Å². The van der Waals surface area contributed by atoms with Crippen molar-refractivity contribution in [2.24, 2.45) is 0 Å². The first-order valence-electron chi connectivity index (χ1n) is 20.7. The lowest BCUT2D eigenvalue weighted by atomic mass is 9.99. The molecule has 1 aliphatic heterocycles. The van der Waals surface area contributed by atoms with Crippen molar-refractivity contribution in [3.63, 3.8) is 0 Å². The Hall–Kier alpha value is -1.37. The number of ether oxygens (including phenoxy) is 2. The van der Waals surface area contributed by atoms with Gasteiger partial charge in [0.15, 0.2) is 6.29 Å². The summed E-state index contributed by atoms with van der Waals surface area (Å²) in [5, 5.41) is 64.3. The van der Waals surface area contributed by atoms with Crippen LogP contribution in [0.2, 0.25) is 0 Å². The SMILES string of the molecule is CCCCCCCCC/C=C/CC/C=C/C(O)C(COC1OC(CO)C(O)C(O)C1O)NC(=O)C(O)CCCCCCCCCCCCCCC. The van der Waals surface area contributed by atoms with Crippen molar-refractivity contribution < 1.29 is 44.9 Å². The topological polar surface area (TPSA) is 169 Å². The molecular formula is C41H77NO9. The average Bonchev–Trinajstić information content (AvgIpc) is 3.13. The van der Waals surface area contributed by atoms with Crippen molar-refractivity contribution in [1.29, 1.82) is 0 Å². The van der Waals surface area contributed by atoms with Gasteiger partial charge in [-0.05, 0) is 32.1 Å². The summed E-state index contributed by atoms with van der Waals surface area (Å²) in [4.78, 5) is 13.0. The number of allylic oxidation sites excluding steroid dienone is 3. The molecule has 0 aliphatic carbocycles. The molecule has 10 heteroatoms. The lowest BCUT2D eigenvalue weighted by molar-refractivity contribution is -0.302. The van der Waals surface area contributed by atoms with Crippen LogP contribution in [0.3, 0.4) is 0 Å². The molecular weight excluding hydrogens is 650 g/mol. The number of rotatable bonds is 33. The van der Waals surface area contributed by atoms with E-state index in [0.29, 0.717) is 19.3 Å². The van der Waals surface area contributed by atoms with E-state index in [4.69, 9.17) is 9.47 Å².